The molecule has 0 radical (unpaired) electrons. The number of aromatic nitrogens is 1. The number of piperidine rings is 1. The topological polar surface area (TPSA) is 37.6 Å². The average molecular weight is 407 g/mol. The quantitative estimate of drug-likeness (QED) is 0.763. The van der Waals surface area contributed by atoms with Gasteiger partial charge in [0.2, 0.25) is 5.91 Å². The van der Waals surface area contributed by atoms with E-state index >= 15 is 0 Å². The maximum Gasteiger partial charge on any atom is 0.228 e. The number of benzene rings is 1. The fourth-order valence-corrected chi connectivity index (χ4v) is 5.26. The van der Waals surface area contributed by atoms with E-state index in [0.717, 1.165) is 37.9 Å². The minimum Gasteiger partial charge on any atom is -0.335 e. The van der Waals surface area contributed by atoms with Crippen LogP contribution in [0.5, 0.6) is 0 Å². The summed E-state index contributed by atoms with van der Waals surface area (Å²) in [5.74, 6) is 0.953. The second-order valence-electron chi connectivity index (χ2n) is 9.07. The summed E-state index contributed by atoms with van der Waals surface area (Å²) in [5, 5.41) is 0. The van der Waals surface area contributed by atoms with Gasteiger partial charge in [-0.25, -0.2) is 0 Å². The predicted octanol–water partition coefficient (Wildman–Crippen LogP) is 3.60. The van der Waals surface area contributed by atoms with Gasteiger partial charge in [-0.1, -0.05) is 36.4 Å². The van der Waals surface area contributed by atoms with Gasteiger partial charge in [-0.15, -0.1) is 0 Å². The van der Waals surface area contributed by atoms with Crippen LogP contribution in [0.15, 0.2) is 54.7 Å². The standard InChI is InChI=1S/C26H35N3O/c30-26(16-20-28-18-7-2-8-19-28)29(21-24-11-5-6-17-27-24)25-14-12-23(13-15-25)22-9-3-1-4-10-22/h1,3-6,9-11,17,23,25H,2,7-8,12-16,18-21H2/p+1. The molecule has 4 heteroatoms. The molecule has 2 heterocycles. The number of pyridine rings is 1. The predicted molar refractivity (Wildman–Crippen MR) is 120 cm³/mol. The van der Waals surface area contributed by atoms with Crippen LogP contribution >= 0.6 is 0 Å². The number of carbonyl (C=O) groups excluding carboxylic acids is 1. The first-order valence-corrected chi connectivity index (χ1v) is 11.9. The summed E-state index contributed by atoms with van der Waals surface area (Å²) in [6, 6.07) is 17.2. The molecule has 1 aromatic carbocycles. The van der Waals surface area contributed by atoms with Gasteiger partial charge in [0.15, 0.2) is 0 Å². The first-order valence-electron chi connectivity index (χ1n) is 11.9. The lowest BCUT2D eigenvalue weighted by molar-refractivity contribution is -0.904. The Bertz CT molecular complexity index is 765. The number of nitrogens with zero attached hydrogens (tertiary/aromatic N) is 2. The third-order valence-corrected chi connectivity index (χ3v) is 7.04. The van der Waals surface area contributed by atoms with Crippen LogP contribution in [0.2, 0.25) is 0 Å². The zero-order valence-corrected chi connectivity index (χ0v) is 18.1. The number of carbonyl (C=O) groups is 1. The molecule has 1 aliphatic heterocycles. The van der Waals surface area contributed by atoms with Crippen molar-refractivity contribution in [2.24, 2.45) is 0 Å². The van der Waals surface area contributed by atoms with E-state index in [4.69, 9.17) is 0 Å². The van der Waals surface area contributed by atoms with Gasteiger partial charge in [-0.3, -0.25) is 9.78 Å². The number of amides is 1. The molecule has 1 aliphatic carbocycles. The SMILES string of the molecule is O=C(CC[NH+]1CCCCC1)N(Cc1ccccn1)C1CCC(c2ccccc2)CC1. The number of likely N-dealkylation sites (tertiary alicyclic amines) is 1. The van der Waals surface area contributed by atoms with Crippen molar-refractivity contribution >= 4 is 5.91 Å². The molecule has 1 saturated heterocycles. The summed E-state index contributed by atoms with van der Waals surface area (Å²) >= 11 is 0. The highest BCUT2D eigenvalue weighted by molar-refractivity contribution is 5.76. The summed E-state index contributed by atoms with van der Waals surface area (Å²) < 4.78 is 0. The molecule has 0 bridgehead atoms. The number of quaternary nitrogens is 1. The third kappa shape index (κ3) is 5.69. The van der Waals surface area contributed by atoms with Crippen LogP contribution < -0.4 is 4.90 Å². The van der Waals surface area contributed by atoms with Crippen LogP contribution in [-0.2, 0) is 11.3 Å². The van der Waals surface area contributed by atoms with E-state index in [-0.39, 0.29) is 0 Å². The Morgan fingerprint density at radius 2 is 1.67 bits per heavy atom. The monoisotopic (exact) mass is 406 g/mol. The highest BCUT2D eigenvalue weighted by Crippen LogP contribution is 2.35. The molecule has 1 aromatic heterocycles. The minimum absolute atomic E-state index is 0.321. The van der Waals surface area contributed by atoms with Gasteiger partial charge in [0.25, 0.3) is 0 Å². The van der Waals surface area contributed by atoms with Crippen molar-refractivity contribution in [2.75, 3.05) is 19.6 Å². The van der Waals surface area contributed by atoms with Crippen LogP contribution in [0.25, 0.3) is 0 Å². The minimum atomic E-state index is 0.321. The summed E-state index contributed by atoms with van der Waals surface area (Å²) in [6.45, 7) is 4.10. The van der Waals surface area contributed by atoms with E-state index in [9.17, 15) is 4.79 Å². The zero-order chi connectivity index (χ0) is 20.6. The third-order valence-electron chi connectivity index (χ3n) is 7.04. The second kappa shape index (κ2) is 10.7. The molecule has 4 nitrogen and oxygen atoms in total. The van der Waals surface area contributed by atoms with Gasteiger partial charge in [0.1, 0.15) is 0 Å². The molecule has 2 fully saturated rings. The van der Waals surface area contributed by atoms with Crippen molar-refractivity contribution < 1.29 is 9.69 Å². The number of rotatable bonds is 7. The fraction of sp³-hybridized carbons (Fsp3) is 0.538. The zero-order valence-electron chi connectivity index (χ0n) is 18.1. The van der Waals surface area contributed by atoms with Crippen molar-refractivity contribution in [3.63, 3.8) is 0 Å². The van der Waals surface area contributed by atoms with Gasteiger partial charge < -0.3 is 9.80 Å². The Labute approximate surface area is 181 Å². The molecule has 0 spiro atoms. The largest absolute Gasteiger partial charge is 0.335 e. The van der Waals surface area contributed by atoms with Gasteiger partial charge in [-0.05, 0) is 68.6 Å². The lowest BCUT2D eigenvalue weighted by Gasteiger charge is -2.37. The van der Waals surface area contributed by atoms with Crippen molar-refractivity contribution in [3.8, 4) is 0 Å². The van der Waals surface area contributed by atoms with E-state index in [1.165, 1.54) is 37.9 Å². The maximum atomic E-state index is 13.3. The fourth-order valence-electron chi connectivity index (χ4n) is 5.26. The molecule has 2 aromatic rings. The van der Waals surface area contributed by atoms with Crippen LogP contribution in [0.4, 0.5) is 0 Å². The van der Waals surface area contributed by atoms with E-state index in [1.807, 2.05) is 24.4 Å². The van der Waals surface area contributed by atoms with E-state index in [1.54, 1.807) is 4.90 Å². The average Bonchev–Trinajstić information content (AvgIpc) is 2.83. The molecule has 0 unspecified atom stereocenters. The summed E-state index contributed by atoms with van der Waals surface area (Å²) in [6.07, 6.45) is 11.0. The molecule has 0 atom stereocenters. The molecule has 1 amide bonds. The highest BCUT2D eigenvalue weighted by Gasteiger charge is 2.30. The van der Waals surface area contributed by atoms with E-state index in [0.29, 0.717) is 30.8 Å². The lowest BCUT2D eigenvalue weighted by atomic mass is 9.81. The highest BCUT2D eigenvalue weighted by atomic mass is 16.2. The van der Waals surface area contributed by atoms with Crippen molar-refractivity contribution in [3.05, 3.63) is 66.0 Å². The normalized spacial score (nSPS) is 22.5. The van der Waals surface area contributed by atoms with Gasteiger partial charge in [0, 0.05) is 12.2 Å². The van der Waals surface area contributed by atoms with E-state index in [2.05, 4.69) is 40.2 Å². The Hall–Kier alpha value is -2.20. The Morgan fingerprint density at radius 3 is 2.37 bits per heavy atom. The number of nitrogens with one attached hydrogen (secondary N) is 1. The van der Waals surface area contributed by atoms with Gasteiger partial charge in [-0.2, -0.15) is 0 Å². The number of hydrogen-bond donors (Lipinski definition) is 1. The molecule has 2 aliphatic rings. The Balaban J connectivity index is 1.39. The molecule has 1 saturated carbocycles. The summed E-state index contributed by atoms with van der Waals surface area (Å²) in [4.78, 5) is 21.6. The summed E-state index contributed by atoms with van der Waals surface area (Å²) in [7, 11) is 0. The molecule has 1 N–H and O–H groups in total. The second-order valence-corrected chi connectivity index (χ2v) is 9.07. The van der Waals surface area contributed by atoms with Crippen molar-refractivity contribution in [2.45, 2.75) is 69.9 Å². The van der Waals surface area contributed by atoms with E-state index < -0.39 is 0 Å². The smallest absolute Gasteiger partial charge is 0.228 e. The molecule has 160 valence electrons. The van der Waals surface area contributed by atoms with Gasteiger partial charge >= 0.3 is 0 Å². The molecular weight excluding hydrogens is 370 g/mol. The molecular formula is C26H36N3O+. The van der Waals surface area contributed by atoms with Crippen molar-refractivity contribution in [1.29, 1.82) is 0 Å². The van der Waals surface area contributed by atoms with Crippen molar-refractivity contribution in [1.82, 2.24) is 9.88 Å². The molecule has 4 rings (SSSR count). The maximum absolute atomic E-state index is 13.3. The first-order chi connectivity index (χ1) is 14.8. The van der Waals surface area contributed by atoms with Crippen LogP contribution in [0, 0.1) is 0 Å². The first kappa shape index (κ1) is 21.0. The Morgan fingerprint density at radius 1 is 0.933 bits per heavy atom. The van der Waals surface area contributed by atoms with Crippen LogP contribution in [0.3, 0.4) is 0 Å². The molecule has 30 heavy (non-hydrogen) atoms. The van der Waals surface area contributed by atoms with Crippen LogP contribution in [-0.4, -0.2) is 41.5 Å². The lowest BCUT2D eigenvalue weighted by Crippen LogP contribution is -3.12. The summed E-state index contributed by atoms with van der Waals surface area (Å²) in [5.41, 5.74) is 2.45. The Kier molecular flexibility index (Phi) is 7.52. The number of hydrogen-bond acceptors (Lipinski definition) is 2. The van der Waals surface area contributed by atoms with Gasteiger partial charge in [0.05, 0.1) is 38.3 Å². The van der Waals surface area contributed by atoms with Crippen LogP contribution in [0.1, 0.15) is 68.5 Å².